The van der Waals surface area contributed by atoms with E-state index in [1.165, 1.54) is 4.88 Å². The largest absolute Gasteiger partial charge is 0.399 e. The molecule has 20 heavy (non-hydrogen) atoms. The van der Waals surface area contributed by atoms with Crippen LogP contribution >= 0.6 is 23.7 Å². The van der Waals surface area contributed by atoms with Crippen molar-refractivity contribution in [2.45, 2.75) is 19.4 Å². The lowest BCUT2D eigenvalue weighted by Crippen LogP contribution is -2.26. The molecule has 0 aliphatic heterocycles. The number of halogens is 1. The molecule has 2 N–H and O–H groups in total. The lowest BCUT2D eigenvalue weighted by molar-refractivity contribution is -0.130. The van der Waals surface area contributed by atoms with Crippen LogP contribution in [0.25, 0.3) is 0 Å². The third kappa shape index (κ3) is 4.54. The topological polar surface area (TPSA) is 46.3 Å². The van der Waals surface area contributed by atoms with E-state index in [2.05, 4.69) is 0 Å². The second-order valence-corrected chi connectivity index (χ2v) is 5.56. The van der Waals surface area contributed by atoms with Gasteiger partial charge in [-0.1, -0.05) is 24.3 Å². The van der Waals surface area contributed by atoms with Gasteiger partial charge >= 0.3 is 0 Å². The van der Waals surface area contributed by atoms with Crippen molar-refractivity contribution in [1.29, 1.82) is 0 Å². The SMILES string of the molecule is CN(Cc1cccs1)C(=O)CCc1ccccc1N.Cl. The third-order valence-corrected chi connectivity index (χ3v) is 3.92. The summed E-state index contributed by atoms with van der Waals surface area (Å²) in [6.45, 7) is 0.681. The average Bonchev–Trinajstić information content (AvgIpc) is 2.90. The Balaban J connectivity index is 0.00000200. The number of rotatable bonds is 5. The summed E-state index contributed by atoms with van der Waals surface area (Å²) < 4.78 is 0. The molecule has 0 aliphatic rings. The zero-order valence-corrected chi connectivity index (χ0v) is 13.0. The first kappa shape index (κ1) is 16.5. The number of nitrogen functional groups attached to an aromatic ring is 1. The van der Waals surface area contributed by atoms with Gasteiger partial charge < -0.3 is 10.6 Å². The highest BCUT2D eigenvalue weighted by Crippen LogP contribution is 2.15. The highest BCUT2D eigenvalue weighted by Gasteiger charge is 2.10. The Hall–Kier alpha value is -1.52. The molecule has 108 valence electrons. The first-order valence-corrected chi connectivity index (χ1v) is 7.14. The summed E-state index contributed by atoms with van der Waals surface area (Å²) in [6.07, 6.45) is 1.19. The number of hydrogen-bond donors (Lipinski definition) is 1. The summed E-state index contributed by atoms with van der Waals surface area (Å²) in [5, 5.41) is 2.03. The Bertz CT molecular complexity index is 543. The minimum Gasteiger partial charge on any atom is -0.399 e. The monoisotopic (exact) mass is 310 g/mol. The summed E-state index contributed by atoms with van der Waals surface area (Å²) in [5.74, 6) is 0.150. The summed E-state index contributed by atoms with van der Waals surface area (Å²) in [6, 6.07) is 11.7. The maximum absolute atomic E-state index is 12.0. The zero-order valence-electron chi connectivity index (χ0n) is 11.4. The molecule has 0 saturated carbocycles. The Labute approximate surface area is 129 Å². The zero-order chi connectivity index (χ0) is 13.7. The molecule has 1 heterocycles. The maximum atomic E-state index is 12.0. The molecule has 0 atom stereocenters. The van der Waals surface area contributed by atoms with E-state index in [0.717, 1.165) is 11.3 Å². The molecule has 3 nitrogen and oxygen atoms in total. The van der Waals surface area contributed by atoms with Gasteiger partial charge in [-0.25, -0.2) is 0 Å². The van der Waals surface area contributed by atoms with Crippen molar-refractivity contribution in [3.8, 4) is 0 Å². The molecule has 0 aliphatic carbocycles. The normalized spacial score (nSPS) is 9.85. The van der Waals surface area contributed by atoms with Gasteiger partial charge in [0.25, 0.3) is 0 Å². The van der Waals surface area contributed by atoms with Gasteiger partial charge in [0.05, 0.1) is 6.54 Å². The van der Waals surface area contributed by atoms with E-state index >= 15 is 0 Å². The van der Waals surface area contributed by atoms with Crippen LogP contribution in [0, 0.1) is 0 Å². The Morgan fingerprint density at radius 2 is 2.00 bits per heavy atom. The molecule has 2 rings (SSSR count). The molecule has 0 radical (unpaired) electrons. The van der Waals surface area contributed by atoms with Crippen LogP contribution in [0.15, 0.2) is 41.8 Å². The Kier molecular flexibility index (Phi) is 6.55. The van der Waals surface area contributed by atoms with Gasteiger partial charge in [-0.2, -0.15) is 0 Å². The van der Waals surface area contributed by atoms with Gasteiger partial charge in [0.2, 0.25) is 5.91 Å². The minimum atomic E-state index is 0. The van der Waals surface area contributed by atoms with E-state index in [1.54, 1.807) is 16.2 Å². The van der Waals surface area contributed by atoms with E-state index in [4.69, 9.17) is 5.73 Å². The molecule has 1 aromatic carbocycles. The second-order valence-electron chi connectivity index (χ2n) is 4.53. The van der Waals surface area contributed by atoms with Crippen LogP contribution in [0.2, 0.25) is 0 Å². The fourth-order valence-electron chi connectivity index (χ4n) is 1.92. The van der Waals surface area contributed by atoms with Crippen LogP contribution in [-0.4, -0.2) is 17.9 Å². The maximum Gasteiger partial charge on any atom is 0.222 e. The molecule has 0 fully saturated rings. The molecular weight excluding hydrogens is 292 g/mol. The van der Waals surface area contributed by atoms with Crippen molar-refractivity contribution < 1.29 is 4.79 Å². The van der Waals surface area contributed by atoms with Gasteiger partial charge in [-0.05, 0) is 29.5 Å². The van der Waals surface area contributed by atoms with Crippen LogP contribution in [0.1, 0.15) is 16.9 Å². The number of para-hydroxylation sites is 1. The number of anilines is 1. The highest BCUT2D eigenvalue weighted by molar-refractivity contribution is 7.09. The van der Waals surface area contributed by atoms with E-state index in [-0.39, 0.29) is 18.3 Å². The third-order valence-electron chi connectivity index (χ3n) is 3.06. The van der Waals surface area contributed by atoms with Gasteiger partial charge in [-0.3, -0.25) is 4.79 Å². The van der Waals surface area contributed by atoms with Crippen molar-refractivity contribution in [2.75, 3.05) is 12.8 Å². The van der Waals surface area contributed by atoms with Gasteiger partial charge in [0.15, 0.2) is 0 Å². The number of aryl methyl sites for hydroxylation is 1. The first-order chi connectivity index (χ1) is 9.16. The predicted molar refractivity (Wildman–Crippen MR) is 87.2 cm³/mol. The lowest BCUT2D eigenvalue weighted by atomic mass is 10.1. The molecule has 0 saturated heterocycles. The van der Waals surface area contributed by atoms with Gasteiger partial charge in [-0.15, -0.1) is 23.7 Å². The number of benzene rings is 1. The summed E-state index contributed by atoms with van der Waals surface area (Å²) in [5.41, 5.74) is 7.67. The molecule has 1 aromatic heterocycles. The van der Waals surface area contributed by atoms with Crippen molar-refractivity contribution >= 4 is 35.3 Å². The molecular formula is C15H19ClN2OS. The van der Waals surface area contributed by atoms with E-state index < -0.39 is 0 Å². The van der Waals surface area contributed by atoms with Crippen molar-refractivity contribution in [1.82, 2.24) is 4.90 Å². The number of hydrogen-bond acceptors (Lipinski definition) is 3. The second kappa shape index (κ2) is 7.92. The van der Waals surface area contributed by atoms with Crippen molar-refractivity contribution in [3.63, 3.8) is 0 Å². The number of carbonyl (C=O) groups excluding carboxylic acids is 1. The summed E-state index contributed by atoms with van der Waals surface area (Å²) >= 11 is 1.67. The number of nitrogens with two attached hydrogens (primary N) is 1. The van der Waals surface area contributed by atoms with Crippen LogP contribution in [0.4, 0.5) is 5.69 Å². The fraction of sp³-hybridized carbons (Fsp3) is 0.267. The molecule has 5 heteroatoms. The highest BCUT2D eigenvalue weighted by atomic mass is 35.5. The first-order valence-electron chi connectivity index (χ1n) is 6.26. The Morgan fingerprint density at radius 3 is 2.65 bits per heavy atom. The quantitative estimate of drug-likeness (QED) is 0.861. The minimum absolute atomic E-state index is 0. The van der Waals surface area contributed by atoms with E-state index in [0.29, 0.717) is 19.4 Å². The summed E-state index contributed by atoms with van der Waals surface area (Å²) in [4.78, 5) is 15.0. The Morgan fingerprint density at radius 1 is 1.25 bits per heavy atom. The molecule has 0 bridgehead atoms. The summed E-state index contributed by atoms with van der Waals surface area (Å²) in [7, 11) is 1.84. The van der Waals surface area contributed by atoms with Gasteiger partial charge in [0, 0.05) is 24.0 Å². The van der Waals surface area contributed by atoms with Crippen LogP contribution in [0.3, 0.4) is 0 Å². The molecule has 0 spiro atoms. The van der Waals surface area contributed by atoms with Crippen LogP contribution in [-0.2, 0) is 17.8 Å². The molecule has 0 unspecified atom stereocenters. The van der Waals surface area contributed by atoms with E-state index in [9.17, 15) is 4.79 Å². The van der Waals surface area contributed by atoms with Gasteiger partial charge in [0.1, 0.15) is 0 Å². The molecule has 2 aromatic rings. The van der Waals surface area contributed by atoms with Crippen molar-refractivity contribution in [3.05, 3.63) is 52.2 Å². The van der Waals surface area contributed by atoms with Crippen LogP contribution < -0.4 is 5.73 Å². The number of nitrogens with zero attached hydrogens (tertiary/aromatic N) is 1. The standard InChI is InChI=1S/C15H18N2OS.ClH/c1-17(11-13-6-4-10-19-13)15(18)9-8-12-5-2-3-7-14(12)16;/h2-7,10H,8-9,11,16H2,1H3;1H. The number of amides is 1. The lowest BCUT2D eigenvalue weighted by Gasteiger charge is -2.16. The average molecular weight is 311 g/mol. The predicted octanol–water partition coefficient (Wildman–Crippen LogP) is 3.34. The fourth-order valence-corrected chi connectivity index (χ4v) is 2.68. The smallest absolute Gasteiger partial charge is 0.222 e. The number of thiophene rings is 1. The molecule has 1 amide bonds. The van der Waals surface area contributed by atoms with Crippen LogP contribution in [0.5, 0.6) is 0 Å². The number of carbonyl (C=O) groups is 1. The van der Waals surface area contributed by atoms with E-state index in [1.807, 2.05) is 48.8 Å². The van der Waals surface area contributed by atoms with Crippen molar-refractivity contribution in [2.24, 2.45) is 0 Å².